The van der Waals surface area contributed by atoms with Crippen molar-refractivity contribution in [2.24, 2.45) is 5.41 Å². The molecule has 0 atom stereocenters. The molecule has 0 aromatic carbocycles. The van der Waals surface area contributed by atoms with Gasteiger partial charge in [0.05, 0.1) is 0 Å². The molecule has 0 spiro atoms. The van der Waals surface area contributed by atoms with Crippen molar-refractivity contribution in [1.29, 1.82) is 0 Å². The van der Waals surface area contributed by atoms with Crippen molar-refractivity contribution in [3.63, 3.8) is 0 Å². The Bertz CT molecular complexity index is 38.0. The highest BCUT2D eigenvalue weighted by atomic mass is 14.1. The molecule has 7 heavy (non-hydrogen) atoms. The zero-order valence-corrected chi connectivity index (χ0v) is 5.62. The summed E-state index contributed by atoms with van der Waals surface area (Å²) in [7, 11) is 0. The SMILES string of the molecule is [CH2]C(C)(CC)CC. The summed E-state index contributed by atoms with van der Waals surface area (Å²) in [5.74, 6) is 0. The van der Waals surface area contributed by atoms with E-state index in [9.17, 15) is 0 Å². The van der Waals surface area contributed by atoms with Crippen LogP contribution in [0.15, 0.2) is 0 Å². The first kappa shape index (κ1) is 7.00. The Kier molecular flexibility index (Phi) is 2.34. The van der Waals surface area contributed by atoms with Crippen molar-refractivity contribution < 1.29 is 0 Å². The minimum absolute atomic E-state index is 0.333. The molecular formula is C7H15. The molecule has 0 aromatic heterocycles. The fraction of sp³-hybridized carbons (Fsp3) is 0.857. The lowest BCUT2D eigenvalue weighted by atomic mass is 9.88. The first-order valence-corrected chi connectivity index (χ1v) is 2.97. The molecule has 0 aliphatic carbocycles. The molecule has 43 valence electrons. The molecule has 0 unspecified atom stereocenters. The zero-order valence-electron chi connectivity index (χ0n) is 5.62. The van der Waals surface area contributed by atoms with Gasteiger partial charge in [0.15, 0.2) is 0 Å². The second-order valence-corrected chi connectivity index (χ2v) is 2.52. The number of rotatable bonds is 2. The Morgan fingerprint density at radius 2 is 1.57 bits per heavy atom. The minimum Gasteiger partial charge on any atom is -0.0649 e. The Balaban J connectivity index is 3.36. The van der Waals surface area contributed by atoms with E-state index in [0.717, 1.165) is 0 Å². The highest BCUT2D eigenvalue weighted by molar-refractivity contribution is 4.71. The smallest absolute Gasteiger partial charge is 0.0331 e. The van der Waals surface area contributed by atoms with Crippen molar-refractivity contribution in [3.05, 3.63) is 6.92 Å². The third-order valence-electron chi connectivity index (χ3n) is 1.71. The van der Waals surface area contributed by atoms with Gasteiger partial charge < -0.3 is 0 Å². The fourth-order valence-electron chi connectivity index (χ4n) is 0.250. The van der Waals surface area contributed by atoms with Crippen LogP contribution in [-0.2, 0) is 0 Å². The van der Waals surface area contributed by atoms with Gasteiger partial charge in [-0.2, -0.15) is 0 Å². The Morgan fingerprint density at radius 1 is 1.29 bits per heavy atom. The van der Waals surface area contributed by atoms with E-state index in [1.807, 2.05) is 0 Å². The second-order valence-electron chi connectivity index (χ2n) is 2.52. The van der Waals surface area contributed by atoms with Gasteiger partial charge in [0.2, 0.25) is 0 Å². The van der Waals surface area contributed by atoms with Gasteiger partial charge in [0.25, 0.3) is 0 Å². The van der Waals surface area contributed by atoms with Crippen LogP contribution in [0.3, 0.4) is 0 Å². The molecule has 0 nitrogen and oxygen atoms in total. The van der Waals surface area contributed by atoms with Gasteiger partial charge in [-0.1, -0.05) is 33.6 Å². The van der Waals surface area contributed by atoms with Crippen LogP contribution in [0.5, 0.6) is 0 Å². The van der Waals surface area contributed by atoms with Gasteiger partial charge in [0.1, 0.15) is 0 Å². The largest absolute Gasteiger partial charge is 0.0649 e. The van der Waals surface area contributed by atoms with Gasteiger partial charge in [-0.15, -0.1) is 0 Å². The molecule has 0 amide bonds. The van der Waals surface area contributed by atoms with Crippen molar-refractivity contribution in [1.82, 2.24) is 0 Å². The van der Waals surface area contributed by atoms with Crippen LogP contribution in [-0.4, -0.2) is 0 Å². The lowest BCUT2D eigenvalue weighted by Crippen LogP contribution is -2.06. The minimum atomic E-state index is 0.333. The van der Waals surface area contributed by atoms with Crippen LogP contribution >= 0.6 is 0 Å². The third-order valence-corrected chi connectivity index (χ3v) is 1.71. The van der Waals surface area contributed by atoms with E-state index in [0.29, 0.717) is 5.41 Å². The summed E-state index contributed by atoms with van der Waals surface area (Å²) in [5.41, 5.74) is 0.333. The molecule has 0 rings (SSSR count). The standard InChI is InChI=1S/C7H15/c1-5-7(3,4)6-2/h3,5-6H2,1-2,4H3. The first-order valence-electron chi connectivity index (χ1n) is 2.97. The predicted molar refractivity (Wildman–Crippen MR) is 34.0 cm³/mol. The predicted octanol–water partition coefficient (Wildman–Crippen LogP) is 2.65. The van der Waals surface area contributed by atoms with Crippen molar-refractivity contribution >= 4 is 0 Å². The summed E-state index contributed by atoms with van der Waals surface area (Å²) in [5, 5.41) is 0. The third kappa shape index (κ3) is 2.67. The summed E-state index contributed by atoms with van der Waals surface area (Å²) in [6.45, 7) is 10.5. The van der Waals surface area contributed by atoms with Gasteiger partial charge in [-0.05, 0) is 12.3 Å². The van der Waals surface area contributed by atoms with Crippen LogP contribution < -0.4 is 0 Å². The van der Waals surface area contributed by atoms with Gasteiger partial charge in [-0.3, -0.25) is 0 Å². The Hall–Kier alpha value is 0. The molecule has 0 aliphatic heterocycles. The average molecular weight is 99.2 g/mol. The number of hydrogen-bond acceptors (Lipinski definition) is 0. The number of hydrogen-bond donors (Lipinski definition) is 0. The summed E-state index contributed by atoms with van der Waals surface area (Å²) < 4.78 is 0. The molecule has 0 heterocycles. The van der Waals surface area contributed by atoms with Crippen LogP contribution in [0.4, 0.5) is 0 Å². The molecule has 0 aromatic rings. The molecule has 0 bridgehead atoms. The van der Waals surface area contributed by atoms with Gasteiger partial charge >= 0.3 is 0 Å². The highest BCUT2D eigenvalue weighted by Gasteiger charge is 2.09. The van der Waals surface area contributed by atoms with Crippen molar-refractivity contribution in [3.8, 4) is 0 Å². The average Bonchev–Trinajstić information content (AvgIpc) is 1.68. The fourth-order valence-corrected chi connectivity index (χ4v) is 0.250. The van der Waals surface area contributed by atoms with Crippen molar-refractivity contribution in [2.45, 2.75) is 33.6 Å². The van der Waals surface area contributed by atoms with Crippen LogP contribution in [0.25, 0.3) is 0 Å². The Labute approximate surface area is 46.9 Å². The summed E-state index contributed by atoms with van der Waals surface area (Å²) >= 11 is 0. The summed E-state index contributed by atoms with van der Waals surface area (Å²) in [4.78, 5) is 0. The van der Waals surface area contributed by atoms with E-state index in [2.05, 4.69) is 27.7 Å². The monoisotopic (exact) mass is 99.1 g/mol. The zero-order chi connectivity index (χ0) is 5.91. The van der Waals surface area contributed by atoms with E-state index in [-0.39, 0.29) is 0 Å². The van der Waals surface area contributed by atoms with Crippen molar-refractivity contribution in [2.75, 3.05) is 0 Å². The van der Waals surface area contributed by atoms with E-state index in [1.54, 1.807) is 0 Å². The molecule has 0 heteroatoms. The molecule has 0 saturated carbocycles. The van der Waals surface area contributed by atoms with Gasteiger partial charge in [0, 0.05) is 0 Å². The lowest BCUT2D eigenvalue weighted by Gasteiger charge is -2.18. The van der Waals surface area contributed by atoms with Crippen LogP contribution in [0.2, 0.25) is 0 Å². The normalized spacial score (nSPS) is 12.0. The molecule has 0 saturated heterocycles. The topological polar surface area (TPSA) is 0 Å². The van der Waals surface area contributed by atoms with E-state index >= 15 is 0 Å². The quantitative estimate of drug-likeness (QED) is 0.499. The van der Waals surface area contributed by atoms with Crippen LogP contribution in [0, 0.1) is 12.3 Å². The van der Waals surface area contributed by atoms with Crippen LogP contribution in [0.1, 0.15) is 33.6 Å². The van der Waals surface area contributed by atoms with E-state index in [1.165, 1.54) is 12.8 Å². The molecular weight excluding hydrogens is 84.1 g/mol. The highest BCUT2D eigenvalue weighted by Crippen LogP contribution is 2.22. The maximum atomic E-state index is 4.01. The summed E-state index contributed by atoms with van der Waals surface area (Å²) in [6, 6.07) is 0. The lowest BCUT2D eigenvalue weighted by molar-refractivity contribution is 0.391. The molecule has 0 fully saturated rings. The Morgan fingerprint density at radius 3 is 1.57 bits per heavy atom. The second kappa shape index (κ2) is 2.34. The molecule has 1 radical (unpaired) electrons. The molecule has 0 aliphatic rings. The van der Waals surface area contributed by atoms with E-state index in [4.69, 9.17) is 0 Å². The van der Waals surface area contributed by atoms with Gasteiger partial charge in [-0.25, -0.2) is 0 Å². The first-order chi connectivity index (χ1) is 3.12. The molecule has 0 N–H and O–H groups in total. The maximum Gasteiger partial charge on any atom is -0.0331 e. The maximum absolute atomic E-state index is 4.01. The summed E-state index contributed by atoms with van der Waals surface area (Å²) in [6.07, 6.45) is 2.37. The van der Waals surface area contributed by atoms with E-state index < -0.39 is 0 Å².